The van der Waals surface area contributed by atoms with Crippen LogP contribution in [-0.2, 0) is 4.74 Å². The van der Waals surface area contributed by atoms with E-state index in [1.165, 1.54) is 11.8 Å². The molecule has 0 radical (unpaired) electrons. The zero-order valence-electron chi connectivity index (χ0n) is 15.3. The molecule has 0 spiro atoms. The number of aromatic nitrogens is 2. The van der Waals surface area contributed by atoms with Gasteiger partial charge in [-0.15, -0.1) is 0 Å². The van der Waals surface area contributed by atoms with Gasteiger partial charge in [-0.3, -0.25) is 4.90 Å². The van der Waals surface area contributed by atoms with Crippen LogP contribution >= 0.6 is 22.6 Å². The monoisotopic (exact) mass is 471 g/mol. The maximum atomic E-state index is 14.7. The van der Waals surface area contributed by atoms with Crippen LogP contribution < -0.4 is 0 Å². The highest BCUT2D eigenvalue weighted by Gasteiger charge is 2.46. The Morgan fingerprint density at radius 2 is 2.04 bits per heavy atom. The molecule has 1 aromatic carbocycles. The van der Waals surface area contributed by atoms with Crippen molar-refractivity contribution in [3.8, 4) is 11.3 Å². The number of H-pyrrole nitrogens is 1. The summed E-state index contributed by atoms with van der Waals surface area (Å²) in [6.45, 7) is 6.89. The Labute approximate surface area is 166 Å². The third kappa shape index (κ3) is 4.36. The summed E-state index contributed by atoms with van der Waals surface area (Å²) in [5, 5.41) is 0. The van der Waals surface area contributed by atoms with Gasteiger partial charge in [0, 0.05) is 21.8 Å². The minimum Gasteiger partial charge on any atom is -0.444 e. The lowest BCUT2D eigenvalue weighted by molar-refractivity contribution is 0.0197. The summed E-state index contributed by atoms with van der Waals surface area (Å²) in [4.78, 5) is 21.7. The van der Waals surface area contributed by atoms with E-state index in [0.29, 0.717) is 5.82 Å². The second-order valence-electron chi connectivity index (χ2n) is 7.92. The number of hydrogen-bond acceptors (Lipinski definition) is 3. The van der Waals surface area contributed by atoms with Gasteiger partial charge in [0.05, 0.1) is 18.3 Å². The number of carbonyl (C=O) groups is 1. The average Bonchev–Trinajstić information content (AvgIpc) is 3.10. The SMILES string of the molecule is CC(C)(C)OC(=O)N1C[C@@](C)(F)C[C@H]1c1nc(-c2ccc(I)cc2)c[nH]1. The first kappa shape index (κ1) is 19.1. The van der Waals surface area contributed by atoms with Crippen LogP contribution in [0.25, 0.3) is 11.3 Å². The van der Waals surface area contributed by atoms with Crippen LogP contribution in [0.5, 0.6) is 0 Å². The molecule has 0 saturated carbocycles. The second kappa shape index (κ2) is 6.83. The Morgan fingerprint density at radius 3 is 2.65 bits per heavy atom. The normalized spacial score (nSPS) is 23.3. The molecule has 2 heterocycles. The lowest BCUT2D eigenvalue weighted by Gasteiger charge is -2.27. The molecule has 0 bridgehead atoms. The predicted molar refractivity (Wildman–Crippen MR) is 107 cm³/mol. The third-order valence-corrected chi connectivity index (χ3v) is 4.90. The molecule has 1 N–H and O–H groups in total. The number of ether oxygens (including phenoxy) is 1. The molecule has 1 fully saturated rings. The van der Waals surface area contributed by atoms with Gasteiger partial charge in [0.25, 0.3) is 0 Å². The van der Waals surface area contributed by atoms with Crippen LogP contribution in [0.3, 0.4) is 0 Å². The first-order chi connectivity index (χ1) is 12.0. The first-order valence-electron chi connectivity index (χ1n) is 8.54. The molecule has 2 atom stereocenters. The van der Waals surface area contributed by atoms with E-state index in [0.717, 1.165) is 14.8 Å². The summed E-state index contributed by atoms with van der Waals surface area (Å²) in [6, 6.07) is 7.51. The number of halogens is 2. The molecule has 26 heavy (non-hydrogen) atoms. The zero-order chi connectivity index (χ0) is 19.1. The molecule has 3 rings (SSSR count). The number of rotatable bonds is 2. The summed E-state index contributed by atoms with van der Waals surface area (Å²) >= 11 is 2.25. The topological polar surface area (TPSA) is 58.2 Å². The molecule has 7 heteroatoms. The fourth-order valence-electron chi connectivity index (χ4n) is 3.08. The van der Waals surface area contributed by atoms with Crippen LogP contribution in [0.15, 0.2) is 30.5 Å². The maximum absolute atomic E-state index is 14.7. The van der Waals surface area contributed by atoms with Crippen molar-refractivity contribution >= 4 is 28.7 Å². The molecule has 1 amide bonds. The van der Waals surface area contributed by atoms with E-state index in [2.05, 4.69) is 32.6 Å². The van der Waals surface area contributed by atoms with E-state index in [-0.39, 0.29) is 13.0 Å². The van der Waals surface area contributed by atoms with Gasteiger partial charge < -0.3 is 9.72 Å². The average molecular weight is 471 g/mol. The summed E-state index contributed by atoms with van der Waals surface area (Å²) in [5.74, 6) is 0.575. The maximum Gasteiger partial charge on any atom is 0.411 e. The molecular weight excluding hydrogens is 448 g/mol. The number of amides is 1. The summed E-state index contributed by atoms with van der Waals surface area (Å²) < 4.78 is 21.3. The molecule has 0 unspecified atom stereocenters. The second-order valence-corrected chi connectivity index (χ2v) is 9.17. The van der Waals surface area contributed by atoms with Crippen molar-refractivity contribution in [1.29, 1.82) is 0 Å². The molecule has 2 aromatic rings. The van der Waals surface area contributed by atoms with Crippen LogP contribution in [0.4, 0.5) is 9.18 Å². The molecule has 140 valence electrons. The fraction of sp³-hybridized carbons (Fsp3) is 0.474. The van der Waals surface area contributed by atoms with Gasteiger partial charge in [-0.05, 0) is 62.4 Å². The summed E-state index contributed by atoms with van der Waals surface area (Å²) in [7, 11) is 0. The number of nitrogens with zero attached hydrogens (tertiary/aromatic N) is 2. The van der Waals surface area contributed by atoms with Crippen molar-refractivity contribution in [2.45, 2.75) is 51.4 Å². The molecular formula is C19H23FIN3O2. The van der Waals surface area contributed by atoms with Crippen molar-refractivity contribution in [2.24, 2.45) is 0 Å². The number of hydrogen-bond donors (Lipinski definition) is 1. The number of likely N-dealkylation sites (tertiary alicyclic amines) is 1. The molecule has 1 aromatic heterocycles. The minimum absolute atomic E-state index is 0.00779. The Morgan fingerprint density at radius 1 is 1.38 bits per heavy atom. The van der Waals surface area contributed by atoms with E-state index < -0.39 is 23.4 Å². The number of carbonyl (C=O) groups excluding carboxylic acids is 1. The lowest BCUT2D eigenvalue weighted by atomic mass is 10.0. The number of alkyl halides is 1. The number of benzene rings is 1. The summed E-state index contributed by atoms with van der Waals surface area (Å²) in [5.41, 5.74) is -0.366. The zero-order valence-corrected chi connectivity index (χ0v) is 17.5. The van der Waals surface area contributed by atoms with Crippen molar-refractivity contribution in [1.82, 2.24) is 14.9 Å². The minimum atomic E-state index is -1.47. The van der Waals surface area contributed by atoms with E-state index in [1.807, 2.05) is 24.3 Å². The fourth-order valence-corrected chi connectivity index (χ4v) is 3.44. The van der Waals surface area contributed by atoms with E-state index >= 15 is 0 Å². The number of aromatic amines is 1. The van der Waals surface area contributed by atoms with Gasteiger partial charge in [-0.1, -0.05) is 12.1 Å². The lowest BCUT2D eigenvalue weighted by Crippen LogP contribution is -2.38. The first-order valence-corrected chi connectivity index (χ1v) is 9.62. The number of imidazole rings is 1. The molecule has 1 aliphatic heterocycles. The Bertz CT molecular complexity index is 796. The van der Waals surface area contributed by atoms with Crippen molar-refractivity contribution in [2.75, 3.05) is 6.54 Å². The van der Waals surface area contributed by atoms with E-state index in [4.69, 9.17) is 4.74 Å². The number of nitrogens with one attached hydrogen (secondary N) is 1. The van der Waals surface area contributed by atoms with Gasteiger partial charge in [0.1, 0.15) is 17.1 Å². The highest BCUT2D eigenvalue weighted by atomic mass is 127. The highest BCUT2D eigenvalue weighted by Crippen LogP contribution is 2.40. The largest absolute Gasteiger partial charge is 0.444 e. The van der Waals surface area contributed by atoms with Crippen LogP contribution in [-0.4, -0.2) is 38.8 Å². The Balaban J connectivity index is 1.86. The Kier molecular flexibility index (Phi) is 5.02. The molecule has 5 nitrogen and oxygen atoms in total. The highest BCUT2D eigenvalue weighted by molar-refractivity contribution is 14.1. The van der Waals surface area contributed by atoms with Crippen LogP contribution in [0.2, 0.25) is 0 Å². The van der Waals surface area contributed by atoms with Crippen LogP contribution in [0, 0.1) is 3.57 Å². The van der Waals surface area contributed by atoms with E-state index in [1.54, 1.807) is 27.0 Å². The van der Waals surface area contributed by atoms with Gasteiger partial charge in [0.15, 0.2) is 0 Å². The quantitative estimate of drug-likeness (QED) is 0.621. The van der Waals surface area contributed by atoms with Gasteiger partial charge in [-0.2, -0.15) is 0 Å². The summed E-state index contributed by atoms with van der Waals surface area (Å²) in [6.07, 6.45) is 1.46. The van der Waals surface area contributed by atoms with Crippen molar-refractivity contribution in [3.63, 3.8) is 0 Å². The van der Waals surface area contributed by atoms with Crippen molar-refractivity contribution in [3.05, 3.63) is 39.9 Å². The Hall–Kier alpha value is -1.64. The predicted octanol–water partition coefficient (Wildman–Crippen LogP) is 5.09. The molecule has 1 saturated heterocycles. The third-order valence-electron chi connectivity index (χ3n) is 4.18. The van der Waals surface area contributed by atoms with Gasteiger partial charge in [0.2, 0.25) is 0 Å². The van der Waals surface area contributed by atoms with Crippen molar-refractivity contribution < 1.29 is 13.9 Å². The standard InChI is InChI=1S/C19H23FIN3O2/c1-18(2,3)26-17(25)24-11-19(4,20)9-15(24)16-22-10-14(23-16)12-5-7-13(21)8-6-12/h5-8,10,15H,9,11H2,1-4H3,(H,22,23)/t15-,19-/m0/s1. The van der Waals surface area contributed by atoms with Gasteiger partial charge >= 0.3 is 6.09 Å². The van der Waals surface area contributed by atoms with Crippen LogP contribution in [0.1, 0.15) is 46.0 Å². The molecule has 0 aliphatic carbocycles. The van der Waals surface area contributed by atoms with E-state index in [9.17, 15) is 9.18 Å². The van der Waals surface area contributed by atoms with Gasteiger partial charge in [-0.25, -0.2) is 14.2 Å². The smallest absolute Gasteiger partial charge is 0.411 e. The molecule has 1 aliphatic rings.